The van der Waals surface area contributed by atoms with Gasteiger partial charge in [0.2, 0.25) is 5.91 Å². The zero-order valence-electron chi connectivity index (χ0n) is 11.7. The van der Waals surface area contributed by atoms with Gasteiger partial charge < -0.3 is 5.32 Å². The summed E-state index contributed by atoms with van der Waals surface area (Å²) in [6, 6.07) is 16.8. The van der Waals surface area contributed by atoms with E-state index in [4.69, 9.17) is 11.6 Å². The monoisotopic (exact) mass is 308 g/mol. The maximum Gasteiger partial charge on any atom is 0.248 e. The van der Waals surface area contributed by atoms with Gasteiger partial charge in [-0.1, -0.05) is 35.9 Å². The fraction of sp³-hybridized carbons (Fsp3) is 0. The molecule has 1 N–H and O–H groups in total. The van der Waals surface area contributed by atoms with Crippen molar-refractivity contribution in [2.45, 2.75) is 0 Å². The largest absolute Gasteiger partial charge is 0.322 e. The lowest BCUT2D eigenvalue weighted by Gasteiger charge is -2.06. The molecule has 0 fully saturated rings. The van der Waals surface area contributed by atoms with Crippen LogP contribution >= 0.6 is 11.6 Å². The Kier molecular flexibility index (Phi) is 4.17. The number of fused-ring (bicyclic) bond motifs is 1. The molecule has 4 heteroatoms. The number of nitrogens with zero attached hydrogens (tertiary/aromatic N) is 1. The predicted molar refractivity (Wildman–Crippen MR) is 90.9 cm³/mol. The first kappa shape index (κ1) is 14.3. The molecule has 0 radical (unpaired) electrons. The van der Waals surface area contributed by atoms with E-state index in [0.29, 0.717) is 5.02 Å². The summed E-state index contributed by atoms with van der Waals surface area (Å²) < 4.78 is 0. The van der Waals surface area contributed by atoms with Crippen molar-refractivity contribution in [3.05, 3.63) is 77.5 Å². The summed E-state index contributed by atoms with van der Waals surface area (Å²) in [4.78, 5) is 16.3. The van der Waals surface area contributed by atoms with Crippen molar-refractivity contribution < 1.29 is 4.79 Å². The van der Waals surface area contributed by atoms with Gasteiger partial charge >= 0.3 is 0 Å². The number of hydrogen-bond acceptors (Lipinski definition) is 2. The molecule has 1 heterocycles. The molecular weight excluding hydrogens is 296 g/mol. The van der Waals surface area contributed by atoms with Gasteiger partial charge in [0.1, 0.15) is 0 Å². The Labute approximate surface area is 133 Å². The molecule has 0 aliphatic heterocycles. The standard InChI is InChI=1S/C18H13ClN2O/c19-15-7-2-1-5-13(15)10-11-18(22)21-17-9-3-8-16-14(17)6-4-12-20-16/h1-12H,(H,21,22). The van der Waals surface area contributed by atoms with E-state index in [1.807, 2.05) is 48.5 Å². The van der Waals surface area contributed by atoms with Crippen molar-refractivity contribution in [1.82, 2.24) is 4.98 Å². The molecule has 0 aliphatic rings. The van der Waals surface area contributed by atoms with E-state index in [9.17, 15) is 4.79 Å². The maximum absolute atomic E-state index is 12.1. The number of aromatic nitrogens is 1. The Morgan fingerprint density at radius 1 is 1.05 bits per heavy atom. The molecule has 1 amide bonds. The molecule has 0 saturated carbocycles. The highest BCUT2D eigenvalue weighted by Crippen LogP contribution is 2.21. The SMILES string of the molecule is O=C(C=Cc1ccccc1Cl)Nc1cccc2ncccc12. The molecule has 3 rings (SSSR count). The number of pyridine rings is 1. The van der Waals surface area contributed by atoms with Crippen LogP contribution in [-0.4, -0.2) is 10.9 Å². The lowest BCUT2D eigenvalue weighted by atomic mass is 10.1. The number of halogens is 1. The molecule has 108 valence electrons. The summed E-state index contributed by atoms with van der Waals surface area (Å²) in [6.07, 6.45) is 4.89. The molecule has 22 heavy (non-hydrogen) atoms. The molecule has 3 aromatic rings. The second kappa shape index (κ2) is 6.41. The number of carbonyl (C=O) groups is 1. The second-order valence-corrected chi connectivity index (χ2v) is 5.13. The quantitative estimate of drug-likeness (QED) is 0.722. The smallest absolute Gasteiger partial charge is 0.248 e. The lowest BCUT2D eigenvalue weighted by Crippen LogP contribution is -2.08. The average Bonchev–Trinajstić information content (AvgIpc) is 2.54. The van der Waals surface area contributed by atoms with E-state index < -0.39 is 0 Å². The van der Waals surface area contributed by atoms with Crippen LogP contribution in [-0.2, 0) is 4.79 Å². The zero-order chi connectivity index (χ0) is 15.4. The number of carbonyl (C=O) groups excluding carboxylic acids is 1. The van der Waals surface area contributed by atoms with Crippen molar-refractivity contribution in [3.8, 4) is 0 Å². The highest BCUT2D eigenvalue weighted by atomic mass is 35.5. The zero-order valence-corrected chi connectivity index (χ0v) is 12.4. The van der Waals surface area contributed by atoms with Gasteiger partial charge in [0.05, 0.1) is 11.2 Å². The molecule has 0 unspecified atom stereocenters. The van der Waals surface area contributed by atoms with Crippen LogP contribution in [0, 0.1) is 0 Å². The third kappa shape index (κ3) is 3.15. The Hall–Kier alpha value is -2.65. The van der Waals surface area contributed by atoms with Gasteiger partial charge in [0.15, 0.2) is 0 Å². The summed E-state index contributed by atoms with van der Waals surface area (Å²) in [5.74, 6) is -0.212. The summed E-state index contributed by atoms with van der Waals surface area (Å²) in [5.41, 5.74) is 2.38. The molecule has 1 aromatic heterocycles. The number of amides is 1. The summed E-state index contributed by atoms with van der Waals surface area (Å²) in [6.45, 7) is 0. The van der Waals surface area contributed by atoms with Gasteiger partial charge in [-0.25, -0.2) is 0 Å². The topological polar surface area (TPSA) is 42.0 Å². The van der Waals surface area contributed by atoms with E-state index >= 15 is 0 Å². The lowest BCUT2D eigenvalue weighted by molar-refractivity contribution is -0.111. The third-order valence-electron chi connectivity index (χ3n) is 3.22. The maximum atomic E-state index is 12.1. The minimum Gasteiger partial charge on any atom is -0.322 e. The summed E-state index contributed by atoms with van der Waals surface area (Å²) >= 11 is 6.05. The Morgan fingerprint density at radius 3 is 2.77 bits per heavy atom. The number of hydrogen-bond donors (Lipinski definition) is 1. The molecule has 2 aromatic carbocycles. The Balaban J connectivity index is 1.81. The molecule has 0 atom stereocenters. The number of anilines is 1. The van der Waals surface area contributed by atoms with E-state index in [1.165, 1.54) is 6.08 Å². The predicted octanol–water partition coefficient (Wildman–Crippen LogP) is 4.54. The number of rotatable bonds is 3. The third-order valence-corrected chi connectivity index (χ3v) is 3.57. The normalized spacial score (nSPS) is 11.0. The molecule has 0 spiro atoms. The Morgan fingerprint density at radius 2 is 1.91 bits per heavy atom. The summed E-state index contributed by atoms with van der Waals surface area (Å²) in [7, 11) is 0. The Bertz CT molecular complexity index is 853. The van der Waals surface area contributed by atoms with Crippen molar-refractivity contribution in [3.63, 3.8) is 0 Å². The van der Waals surface area contributed by atoms with Crippen LogP contribution in [0.25, 0.3) is 17.0 Å². The average molecular weight is 309 g/mol. The van der Waals surface area contributed by atoms with E-state index in [-0.39, 0.29) is 5.91 Å². The highest BCUT2D eigenvalue weighted by molar-refractivity contribution is 6.32. The van der Waals surface area contributed by atoms with Gasteiger partial charge in [-0.2, -0.15) is 0 Å². The first-order valence-corrected chi connectivity index (χ1v) is 7.19. The van der Waals surface area contributed by atoms with E-state index in [0.717, 1.165) is 22.2 Å². The fourth-order valence-corrected chi connectivity index (χ4v) is 2.36. The molecule has 0 saturated heterocycles. The van der Waals surface area contributed by atoms with E-state index in [2.05, 4.69) is 10.3 Å². The minimum absolute atomic E-state index is 0.212. The van der Waals surface area contributed by atoms with Gasteiger partial charge in [0.25, 0.3) is 0 Å². The van der Waals surface area contributed by atoms with Crippen LogP contribution < -0.4 is 5.32 Å². The highest BCUT2D eigenvalue weighted by Gasteiger charge is 2.03. The van der Waals surface area contributed by atoms with Crippen molar-refractivity contribution in [2.75, 3.05) is 5.32 Å². The first-order valence-electron chi connectivity index (χ1n) is 6.81. The van der Waals surface area contributed by atoms with E-state index in [1.54, 1.807) is 18.3 Å². The van der Waals surface area contributed by atoms with Crippen molar-refractivity contribution >= 4 is 40.2 Å². The van der Waals surface area contributed by atoms with Crippen molar-refractivity contribution in [1.29, 1.82) is 0 Å². The van der Waals surface area contributed by atoms with Gasteiger partial charge in [0, 0.05) is 22.7 Å². The summed E-state index contributed by atoms with van der Waals surface area (Å²) in [5, 5.41) is 4.38. The van der Waals surface area contributed by atoms with Crippen LogP contribution in [0.15, 0.2) is 66.9 Å². The molecule has 0 aliphatic carbocycles. The van der Waals surface area contributed by atoms with Crippen molar-refractivity contribution in [2.24, 2.45) is 0 Å². The first-order chi connectivity index (χ1) is 10.7. The molecular formula is C18H13ClN2O. The second-order valence-electron chi connectivity index (χ2n) is 4.72. The number of benzene rings is 2. The van der Waals surface area contributed by atoms with Crippen LogP contribution in [0.3, 0.4) is 0 Å². The molecule has 0 bridgehead atoms. The van der Waals surface area contributed by atoms with Crippen LogP contribution in [0.4, 0.5) is 5.69 Å². The van der Waals surface area contributed by atoms with Gasteiger partial charge in [-0.05, 0) is 42.0 Å². The number of nitrogens with one attached hydrogen (secondary N) is 1. The van der Waals surface area contributed by atoms with Crippen LogP contribution in [0.1, 0.15) is 5.56 Å². The minimum atomic E-state index is -0.212. The van der Waals surface area contributed by atoms with Crippen LogP contribution in [0.2, 0.25) is 5.02 Å². The van der Waals surface area contributed by atoms with Gasteiger partial charge in [-0.15, -0.1) is 0 Å². The molecule has 3 nitrogen and oxygen atoms in total. The fourth-order valence-electron chi connectivity index (χ4n) is 2.16. The van der Waals surface area contributed by atoms with Crippen LogP contribution in [0.5, 0.6) is 0 Å². The van der Waals surface area contributed by atoms with Gasteiger partial charge in [-0.3, -0.25) is 9.78 Å².